The highest BCUT2D eigenvalue weighted by Crippen LogP contribution is 2.30. The molecule has 1 amide bonds. The average molecular weight is 507 g/mol. The van der Waals surface area contributed by atoms with Crippen LogP contribution in [0.15, 0.2) is 42.6 Å². The molecule has 0 saturated carbocycles. The lowest BCUT2D eigenvalue weighted by atomic mass is 10.1. The fourth-order valence-corrected chi connectivity index (χ4v) is 4.09. The van der Waals surface area contributed by atoms with Gasteiger partial charge in [0.2, 0.25) is 5.95 Å². The van der Waals surface area contributed by atoms with Gasteiger partial charge in [-0.1, -0.05) is 36.2 Å². The Balaban J connectivity index is 1.52. The lowest BCUT2D eigenvalue weighted by molar-refractivity contribution is -0.0222. The Morgan fingerprint density at radius 3 is 2.47 bits per heavy atom. The van der Waals surface area contributed by atoms with E-state index in [1.807, 2.05) is 6.92 Å². The second-order valence-corrected chi connectivity index (χ2v) is 8.66. The van der Waals surface area contributed by atoms with Gasteiger partial charge in [-0.25, -0.2) is 18.7 Å². The number of alkyl halides is 2. The van der Waals surface area contributed by atoms with E-state index in [-0.39, 0.29) is 41.5 Å². The maximum absolute atomic E-state index is 13.6. The number of aromatic nitrogens is 3. The Hall–Kier alpha value is -3.04. The molecule has 178 valence electrons. The molecule has 1 aromatic carbocycles. The molecular weight excluding hydrogens is 485 g/mol. The van der Waals surface area contributed by atoms with Crippen molar-refractivity contribution in [1.82, 2.24) is 15.0 Å². The summed E-state index contributed by atoms with van der Waals surface area (Å²) in [5.41, 5.74) is 1.42. The van der Waals surface area contributed by atoms with Crippen LogP contribution in [0.25, 0.3) is 0 Å². The van der Waals surface area contributed by atoms with Crippen molar-refractivity contribution in [3.05, 3.63) is 63.9 Å². The van der Waals surface area contributed by atoms with E-state index in [1.165, 1.54) is 6.20 Å². The van der Waals surface area contributed by atoms with Gasteiger partial charge in [0, 0.05) is 55.6 Å². The normalized spacial score (nSPS) is 15.1. The number of amides is 1. The maximum atomic E-state index is 13.6. The molecule has 0 radical (unpaired) electrons. The SMILES string of the molecule is CCc1cc(Nc2cc(NC(=O)c3c(Cl)cccc3Cl)ccn2)nc(N2CCC(F)(F)CC2)n1. The van der Waals surface area contributed by atoms with Crippen molar-refractivity contribution in [2.75, 3.05) is 28.6 Å². The summed E-state index contributed by atoms with van der Waals surface area (Å²) in [7, 11) is 0. The van der Waals surface area contributed by atoms with Crippen LogP contribution in [-0.2, 0) is 6.42 Å². The zero-order valence-electron chi connectivity index (χ0n) is 18.3. The fourth-order valence-electron chi connectivity index (χ4n) is 3.52. The van der Waals surface area contributed by atoms with Gasteiger partial charge in [0.05, 0.1) is 15.6 Å². The molecular formula is C23H22Cl2F2N6O. The first-order valence-corrected chi connectivity index (χ1v) is 11.5. The third-order valence-electron chi connectivity index (χ3n) is 5.37. The van der Waals surface area contributed by atoms with Crippen molar-refractivity contribution >= 4 is 52.4 Å². The number of piperidine rings is 1. The number of hydrogen-bond acceptors (Lipinski definition) is 6. The van der Waals surface area contributed by atoms with Crippen LogP contribution in [0, 0.1) is 0 Å². The number of aryl methyl sites for hydroxylation is 1. The lowest BCUT2D eigenvalue weighted by Crippen LogP contribution is -2.40. The van der Waals surface area contributed by atoms with Gasteiger partial charge in [-0.2, -0.15) is 4.98 Å². The highest BCUT2D eigenvalue weighted by atomic mass is 35.5. The summed E-state index contributed by atoms with van der Waals surface area (Å²) in [5.74, 6) is -1.80. The molecule has 0 atom stereocenters. The zero-order valence-corrected chi connectivity index (χ0v) is 19.8. The molecule has 1 saturated heterocycles. The Kier molecular flexibility index (Phi) is 7.13. The van der Waals surface area contributed by atoms with E-state index < -0.39 is 11.8 Å². The summed E-state index contributed by atoms with van der Waals surface area (Å²) in [6.07, 6.45) is 1.72. The van der Waals surface area contributed by atoms with E-state index in [0.29, 0.717) is 29.7 Å². The van der Waals surface area contributed by atoms with Crippen molar-refractivity contribution in [2.24, 2.45) is 0 Å². The number of nitrogens with zero attached hydrogens (tertiary/aromatic N) is 4. The second kappa shape index (κ2) is 10.1. The van der Waals surface area contributed by atoms with Gasteiger partial charge in [-0.3, -0.25) is 4.79 Å². The number of carbonyl (C=O) groups excluding carboxylic acids is 1. The molecule has 0 unspecified atom stereocenters. The third-order valence-corrected chi connectivity index (χ3v) is 6.00. The van der Waals surface area contributed by atoms with Crippen LogP contribution in [0.5, 0.6) is 0 Å². The number of halogens is 4. The molecule has 2 N–H and O–H groups in total. The number of nitrogens with one attached hydrogen (secondary N) is 2. The van der Waals surface area contributed by atoms with Gasteiger partial charge in [0.15, 0.2) is 0 Å². The molecule has 0 bridgehead atoms. The van der Waals surface area contributed by atoms with Gasteiger partial charge < -0.3 is 15.5 Å². The summed E-state index contributed by atoms with van der Waals surface area (Å²) in [6.45, 7) is 2.32. The molecule has 34 heavy (non-hydrogen) atoms. The summed E-state index contributed by atoms with van der Waals surface area (Å²) >= 11 is 12.2. The predicted molar refractivity (Wildman–Crippen MR) is 130 cm³/mol. The zero-order chi connectivity index (χ0) is 24.3. The van der Waals surface area contributed by atoms with Crippen molar-refractivity contribution < 1.29 is 13.6 Å². The minimum atomic E-state index is -2.65. The van der Waals surface area contributed by atoms with E-state index in [4.69, 9.17) is 23.2 Å². The van der Waals surface area contributed by atoms with Crippen LogP contribution < -0.4 is 15.5 Å². The van der Waals surface area contributed by atoms with Crippen LogP contribution in [0.2, 0.25) is 10.0 Å². The van der Waals surface area contributed by atoms with E-state index in [9.17, 15) is 13.6 Å². The first-order valence-electron chi connectivity index (χ1n) is 10.7. The number of hydrogen-bond donors (Lipinski definition) is 2. The second-order valence-electron chi connectivity index (χ2n) is 7.85. The highest BCUT2D eigenvalue weighted by Gasteiger charge is 2.35. The summed E-state index contributed by atoms with van der Waals surface area (Å²) < 4.78 is 27.1. The molecule has 3 heterocycles. The molecule has 1 aliphatic heterocycles. The van der Waals surface area contributed by atoms with Crippen LogP contribution in [-0.4, -0.2) is 39.9 Å². The Morgan fingerprint density at radius 2 is 1.79 bits per heavy atom. The van der Waals surface area contributed by atoms with Gasteiger partial charge in [0.25, 0.3) is 11.8 Å². The Bertz CT molecular complexity index is 1180. The fraction of sp³-hybridized carbons (Fsp3) is 0.304. The monoisotopic (exact) mass is 506 g/mol. The topological polar surface area (TPSA) is 83.0 Å². The van der Waals surface area contributed by atoms with E-state index in [0.717, 1.165) is 5.69 Å². The summed E-state index contributed by atoms with van der Waals surface area (Å²) in [4.78, 5) is 27.7. The number of benzene rings is 1. The highest BCUT2D eigenvalue weighted by molar-refractivity contribution is 6.40. The van der Waals surface area contributed by atoms with Gasteiger partial charge in [-0.15, -0.1) is 0 Å². The summed E-state index contributed by atoms with van der Waals surface area (Å²) in [5, 5.41) is 6.36. The quantitative estimate of drug-likeness (QED) is 0.428. The molecule has 11 heteroatoms. The average Bonchev–Trinajstić information content (AvgIpc) is 2.79. The smallest absolute Gasteiger partial charge is 0.258 e. The number of carbonyl (C=O) groups is 1. The van der Waals surface area contributed by atoms with Crippen LogP contribution in [0.3, 0.4) is 0 Å². The first-order chi connectivity index (χ1) is 16.2. The van der Waals surface area contributed by atoms with Crippen molar-refractivity contribution in [3.63, 3.8) is 0 Å². The van der Waals surface area contributed by atoms with Crippen LogP contribution in [0.4, 0.5) is 32.1 Å². The largest absolute Gasteiger partial charge is 0.340 e. The maximum Gasteiger partial charge on any atom is 0.258 e. The van der Waals surface area contributed by atoms with Gasteiger partial charge in [0.1, 0.15) is 11.6 Å². The Labute approximate surface area is 205 Å². The molecule has 4 rings (SSSR count). The number of rotatable bonds is 6. The van der Waals surface area contributed by atoms with E-state index >= 15 is 0 Å². The first kappa shape index (κ1) is 24.1. The van der Waals surface area contributed by atoms with E-state index in [2.05, 4.69) is 25.6 Å². The standard InChI is InChI=1S/C23H22Cl2F2N6O/c1-2-14-12-19(32-22(30-14)33-10-7-23(26,27)8-11-33)31-18-13-15(6-9-28-18)29-21(34)20-16(24)4-3-5-17(20)25/h3-6,9,12-13H,2,7-8,10-11H2,1H3,(H2,28,29,30,31,32,34). The third kappa shape index (κ3) is 5.71. The van der Waals surface area contributed by atoms with Crippen LogP contribution >= 0.6 is 23.2 Å². The van der Waals surface area contributed by atoms with Crippen molar-refractivity contribution in [3.8, 4) is 0 Å². The minimum Gasteiger partial charge on any atom is -0.340 e. The number of anilines is 4. The molecule has 7 nitrogen and oxygen atoms in total. The molecule has 0 aliphatic carbocycles. The Morgan fingerprint density at radius 1 is 1.09 bits per heavy atom. The summed E-state index contributed by atoms with van der Waals surface area (Å²) in [6, 6.07) is 9.87. The minimum absolute atomic E-state index is 0.178. The van der Waals surface area contributed by atoms with Gasteiger partial charge >= 0.3 is 0 Å². The molecule has 2 aromatic heterocycles. The lowest BCUT2D eigenvalue weighted by Gasteiger charge is -2.32. The molecule has 0 spiro atoms. The van der Waals surface area contributed by atoms with Crippen LogP contribution in [0.1, 0.15) is 35.8 Å². The van der Waals surface area contributed by atoms with Crippen molar-refractivity contribution in [2.45, 2.75) is 32.1 Å². The predicted octanol–water partition coefficient (Wildman–Crippen LogP) is 5.97. The van der Waals surface area contributed by atoms with E-state index in [1.54, 1.807) is 41.3 Å². The molecule has 1 fully saturated rings. The molecule has 1 aliphatic rings. The van der Waals surface area contributed by atoms with Crippen molar-refractivity contribution in [1.29, 1.82) is 0 Å². The van der Waals surface area contributed by atoms with Gasteiger partial charge in [-0.05, 0) is 24.6 Å². The molecule has 3 aromatic rings. The number of pyridine rings is 1.